The Kier molecular flexibility index (Phi) is 6.06. The molecule has 0 saturated heterocycles. The van der Waals surface area contributed by atoms with Crippen LogP contribution in [0.5, 0.6) is 0 Å². The lowest BCUT2D eigenvalue weighted by atomic mass is 9.90. The standard InChI is InChI=1S/C18H28O2/c1-3-15-9-11-17(12-10-15)18(19)14(2)20-13-16-7-5-4-6-8-16/h9-12,14,16,18-19H,3-8,13H2,1-2H3. The lowest BCUT2D eigenvalue weighted by Gasteiger charge is -2.25. The molecule has 0 spiro atoms. The zero-order valence-corrected chi connectivity index (χ0v) is 12.8. The van der Waals surface area contributed by atoms with Gasteiger partial charge in [0.1, 0.15) is 6.10 Å². The monoisotopic (exact) mass is 276 g/mol. The van der Waals surface area contributed by atoms with Gasteiger partial charge in [0.25, 0.3) is 0 Å². The van der Waals surface area contributed by atoms with Crippen LogP contribution in [-0.4, -0.2) is 17.8 Å². The summed E-state index contributed by atoms with van der Waals surface area (Å²) in [4.78, 5) is 0. The minimum absolute atomic E-state index is 0.135. The smallest absolute Gasteiger partial charge is 0.105 e. The maximum Gasteiger partial charge on any atom is 0.105 e. The van der Waals surface area contributed by atoms with Gasteiger partial charge in [-0.2, -0.15) is 0 Å². The summed E-state index contributed by atoms with van der Waals surface area (Å²) in [7, 11) is 0. The van der Waals surface area contributed by atoms with Crippen LogP contribution in [0.1, 0.15) is 63.2 Å². The van der Waals surface area contributed by atoms with Gasteiger partial charge in [0.05, 0.1) is 6.10 Å². The largest absolute Gasteiger partial charge is 0.386 e. The molecule has 0 aliphatic heterocycles. The van der Waals surface area contributed by atoms with Gasteiger partial charge in [-0.1, -0.05) is 50.5 Å². The molecule has 2 heteroatoms. The quantitative estimate of drug-likeness (QED) is 0.841. The van der Waals surface area contributed by atoms with E-state index in [2.05, 4.69) is 19.1 Å². The Morgan fingerprint density at radius 3 is 2.40 bits per heavy atom. The van der Waals surface area contributed by atoms with Crippen molar-refractivity contribution in [3.8, 4) is 0 Å². The summed E-state index contributed by atoms with van der Waals surface area (Å²) in [6.07, 6.45) is 6.99. The number of aliphatic hydroxyl groups is 1. The summed E-state index contributed by atoms with van der Waals surface area (Å²) in [6, 6.07) is 8.22. The molecule has 2 atom stereocenters. The second-order valence-electron chi connectivity index (χ2n) is 6.08. The fourth-order valence-corrected chi connectivity index (χ4v) is 2.95. The molecule has 2 nitrogen and oxygen atoms in total. The van der Waals surface area contributed by atoms with Crippen LogP contribution in [0.15, 0.2) is 24.3 Å². The van der Waals surface area contributed by atoms with Crippen molar-refractivity contribution in [2.45, 2.75) is 64.6 Å². The van der Waals surface area contributed by atoms with E-state index in [1.165, 1.54) is 37.7 Å². The molecule has 1 fully saturated rings. The third-order valence-corrected chi connectivity index (χ3v) is 4.49. The highest BCUT2D eigenvalue weighted by Crippen LogP contribution is 2.26. The zero-order valence-electron chi connectivity index (χ0n) is 12.8. The van der Waals surface area contributed by atoms with Gasteiger partial charge in [0.15, 0.2) is 0 Å². The first-order chi connectivity index (χ1) is 9.70. The fourth-order valence-electron chi connectivity index (χ4n) is 2.95. The molecule has 1 aliphatic carbocycles. The van der Waals surface area contributed by atoms with Gasteiger partial charge in [-0.3, -0.25) is 0 Å². The second-order valence-corrected chi connectivity index (χ2v) is 6.08. The van der Waals surface area contributed by atoms with Crippen molar-refractivity contribution in [3.63, 3.8) is 0 Å². The van der Waals surface area contributed by atoms with Gasteiger partial charge in [0, 0.05) is 6.61 Å². The summed E-state index contributed by atoms with van der Waals surface area (Å²) >= 11 is 0. The van der Waals surface area contributed by atoms with E-state index >= 15 is 0 Å². The van der Waals surface area contributed by atoms with E-state index in [0.29, 0.717) is 5.92 Å². The molecule has 1 aromatic carbocycles. The molecule has 0 heterocycles. The van der Waals surface area contributed by atoms with Crippen LogP contribution in [-0.2, 0) is 11.2 Å². The summed E-state index contributed by atoms with van der Waals surface area (Å²) in [6.45, 7) is 4.91. The van der Waals surface area contributed by atoms with E-state index in [-0.39, 0.29) is 6.10 Å². The molecule has 0 aromatic heterocycles. The van der Waals surface area contributed by atoms with Crippen LogP contribution in [0, 0.1) is 5.92 Å². The van der Waals surface area contributed by atoms with Crippen molar-refractivity contribution in [2.75, 3.05) is 6.61 Å². The second kappa shape index (κ2) is 7.80. The van der Waals surface area contributed by atoms with Crippen LogP contribution >= 0.6 is 0 Å². The third-order valence-electron chi connectivity index (χ3n) is 4.49. The third kappa shape index (κ3) is 4.32. The van der Waals surface area contributed by atoms with Gasteiger partial charge in [-0.05, 0) is 43.2 Å². The van der Waals surface area contributed by atoms with E-state index in [9.17, 15) is 5.11 Å². The van der Waals surface area contributed by atoms with Crippen LogP contribution < -0.4 is 0 Å². The number of benzene rings is 1. The Morgan fingerprint density at radius 2 is 1.80 bits per heavy atom. The average molecular weight is 276 g/mol. The maximum atomic E-state index is 10.4. The molecule has 2 rings (SSSR count). The first-order valence-corrected chi connectivity index (χ1v) is 8.09. The number of hydrogen-bond donors (Lipinski definition) is 1. The minimum Gasteiger partial charge on any atom is -0.386 e. The van der Waals surface area contributed by atoms with Crippen molar-refractivity contribution in [1.82, 2.24) is 0 Å². The average Bonchev–Trinajstić information content (AvgIpc) is 2.53. The molecule has 112 valence electrons. The Morgan fingerprint density at radius 1 is 1.15 bits per heavy atom. The van der Waals surface area contributed by atoms with Crippen molar-refractivity contribution < 1.29 is 9.84 Å². The van der Waals surface area contributed by atoms with Crippen LogP contribution in [0.3, 0.4) is 0 Å². The molecule has 2 unspecified atom stereocenters. The Hall–Kier alpha value is -0.860. The SMILES string of the molecule is CCc1ccc(C(O)C(C)OCC2CCCCC2)cc1. The molecular weight excluding hydrogens is 248 g/mol. The number of aliphatic hydroxyl groups excluding tert-OH is 1. The van der Waals surface area contributed by atoms with Gasteiger partial charge >= 0.3 is 0 Å². The topological polar surface area (TPSA) is 29.5 Å². The minimum atomic E-state index is -0.524. The highest BCUT2D eigenvalue weighted by Gasteiger charge is 2.20. The zero-order chi connectivity index (χ0) is 14.4. The Labute approximate surface area is 123 Å². The molecule has 1 aromatic rings. The molecule has 0 radical (unpaired) electrons. The highest BCUT2D eigenvalue weighted by molar-refractivity contribution is 5.24. The molecule has 1 N–H and O–H groups in total. The van der Waals surface area contributed by atoms with E-state index in [0.717, 1.165) is 18.6 Å². The first kappa shape index (κ1) is 15.5. The van der Waals surface area contributed by atoms with Gasteiger partial charge in [-0.25, -0.2) is 0 Å². The van der Waals surface area contributed by atoms with Crippen molar-refractivity contribution in [3.05, 3.63) is 35.4 Å². The van der Waals surface area contributed by atoms with E-state index in [1.54, 1.807) is 0 Å². The van der Waals surface area contributed by atoms with E-state index in [4.69, 9.17) is 4.74 Å². The Bertz CT molecular complexity index is 379. The fraction of sp³-hybridized carbons (Fsp3) is 0.667. The lowest BCUT2D eigenvalue weighted by molar-refractivity contribution is -0.0444. The summed E-state index contributed by atoms with van der Waals surface area (Å²) < 4.78 is 5.90. The van der Waals surface area contributed by atoms with E-state index < -0.39 is 6.10 Å². The van der Waals surface area contributed by atoms with Gasteiger partial charge in [-0.15, -0.1) is 0 Å². The maximum absolute atomic E-state index is 10.4. The van der Waals surface area contributed by atoms with Crippen LogP contribution in [0.2, 0.25) is 0 Å². The summed E-state index contributed by atoms with van der Waals surface area (Å²) in [5.74, 6) is 0.695. The van der Waals surface area contributed by atoms with Crippen molar-refractivity contribution in [2.24, 2.45) is 5.92 Å². The number of ether oxygens (including phenoxy) is 1. The van der Waals surface area contributed by atoms with E-state index in [1.807, 2.05) is 19.1 Å². The molecule has 0 bridgehead atoms. The van der Waals surface area contributed by atoms with Crippen LogP contribution in [0.25, 0.3) is 0 Å². The predicted octanol–water partition coefficient (Wildman–Crippen LogP) is 4.27. The predicted molar refractivity (Wildman–Crippen MR) is 82.8 cm³/mol. The van der Waals surface area contributed by atoms with Crippen molar-refractivity contribution in [1.29, 1.82) is 0 Å². The molecular formula is C18H28O2. The van der Waals surface area contributed by atoms with Gasteiger partial charge < -0.3 is 9.84 Å². The molecule has 1 aliphatic rings. The lowest BCUT2D eigenvalue weighted by Crippen LogP contribution is -2.23. The van der Waals surface area contributed by atoms with Crippen molar-refractivity contribution >= 4 is 0 Å². The first-order valence-electron chi connectivity index (χ1n) is 8.09. The molecule has 20 heavy (non-hydrogen) atoms. The molecule has 1 saturated carbocycles. The number of hydrogen-bond acceptors (Lipinski definition) is 2. The normalized spacial score (nSPS) is 19.8. The van der Waals surface area contributed by atoms with Gasteiger partial charge in [0.2, 0.25) is 0 Å². The molecule has 0 amide bonds. The summed E-state index contributed by atoms with van der Waals surface area (Å²) in [5.41, 5.74) is 2.26. The number of rotatable bonds is 6. The number of aryl methyl sites for hydroxylation is 1. The van der Waals surface area contributed by atoms with Crippen LogP contribution in [0.4, 0.5) is 0 Å². The highest BCUT2D eigenvalue weighted by atomic mass is 16.5. The summed E-state index contributed by atoms with van der Waals surface area (Å²) in [5, 5.41) is 10.4. The Balaban J connectivity index is 1.82.